The maximum atomic E-state index is 10.5. The second kappa shape index (κ2) is 5.34. The summed E-state index contributed by atoms with van der Waals surface area (Å²) in [6, 6.07) is 3.95. The molecular weight excluding hydrogens is 208 g/mol. The zero-order valence-electron chi connectivity index (χ0n) is 9.43. The predicted molar refractivity (Wildman–Crippen MR) is 62.7 cm³/mol. The molecule has 0 heterocycles. The number of phenols is 1. The van der Waals surface area contributed by atoms with Gasteiger partial charge in [0.05, 0.1) is 10.6 Å². The SMILES string of the molecule is CC(C)CCNc1cc([N+](=O)[O-])ccc1O. The van der Waals surface area contributed by atoms with Crippen molar-refractivity contribution in [1.29, 1.82) is 0 Å². The first kappa shape index (κ1) is 12.3. The number of nitrogens with zero attached hydrogens (tertiary/aromatic N) is 1. The van der Waals surface area contributed by atoms with Crippen LogP contribution >= 0.6 is 0 Å². The number of nitrogens with one attached hydrogen (secondary N) is 1. The van der Waals surface area contributed by atoms with Crippen LogP contribution in [0.1, 0.15) is 20.3 Å². The Morgan fingerprint density at radius 3 is 2.75 bits per heavy atom. The molecule has 0 atom stereocenters. The third kappa shape index (κ3) is 3.42. The van der Waals surface area contributed by atoms with Crippen LogP contribution in [-0.2, 0) is 0 Å². The molecule has 16 heavy (non-hydrogen) atoms. The molecule has 1 rings (SSSR count). The molecule has 0 radical (unpaired) electrons. The summed E-state index contributed by atoms with van der Waals surface area (Å²) < 4.78 is 0. The van der Waals surface area contributed by atoms with Crippen LogP contribution in [0.15, 0.2) is 18.2 Å². The van der Waals surface area contributed by atoms with E-state index in [2.05, 4.69) is 19.2 Å². The van der Waals surface area contributed by atoms with Crippen LogP contribution in [0.4, 0.5) is 11.4 Å². The normalized spacial score (nSPS) is 10.4. The number of benzene rings is 1. The van der Waals surface area contributed by atoms with E-state index in [1.165, 1.54) is 18.2 Å². The third-order valence-electron chi connectivity index (χ3n) is 2.23. The van der Waals surface area contributed by atoms with E-state index in [4.69, 9.17) is 0 Å². The summed E-state index contributed by atoms with van der Waals surface area (Å²) in [7, 11) is 0. The second-order valence-electron chi connectivity index (χ2n) is 4.07. The Morgan fingerprint density at radius 2 is 2.19 bits per heavy atom. The maximum absolute atomic E-state index is 10.5. The molecule has 0 bridgehead atoms. The van der Waals surface area contributed by atoms with Gasteiger partial charge in [0.15, 0.2) is 0 Å². The predicted octanol–water partition coefficient (Wildman–Crippen LogP) is 2.76. The molecule has 1 aromatic carbocycles. The molecule has 5 heteroatoms. The number of phenolic OH excluding ortho intramolecular Hbond substituents is 1. The zero-order valence-corrected chi connectivity index (χ0v) is 9.43. The van der Waals surface area contributed by atoms with Crippen molar-refractivity contribution in [3.63, 3.8) is 0 Å². The molecule has 0 amide bonds. The van der Waals surface area contributed by atoms with Crippen molar-refractivity contribution in [2.45, 2.75) is 20.3 Å². The van der Waals surface area contributed by atoms with Crippen molar-refractivity contribution in [3.8, 4) is 5.75 Å². The third-order valence-corrected chi connectivity index (χ3v) is 2.23. The number of hydrogen-bond acceptors (Lipinski definition) is 4. The molecule has 1 aromatic rings. The first-order chi connectivity index (χ1) is 7.50. The Hall–Kier alpha value is -1.78. The molecule has 2 N–H and O–H groups in total. The minimum Gasteiger partial charge on any atom is -0.506 e. The molecule has 0 aliphatic rings. The Morgan fingerprint density at radius 1 is 1.50 bits per heavy atom. The molecular formula is C11H16N2O3. The van der Waals surface area contributed by atoms with Gasteiger partial charge < -0.3 is 10.4 Å². The van der Waals surface area contributed by atoms with Crippen LogP contribution in [0.5, 0.6) is 5.75 Å². The molecule has 0 aromatic heterocycles. The number of aromatic hydroxyl groups is 1. The van der Waals surface area contributed by atoms with Crippen molar-refractivity contribution < 1.29 is 10.0 Å². The summed E-state index contributed by atoms with van der Waals surface area (Å²) in [6.45, 7) is 4.87. The summed E-state index contributed by atoms with van der Waals surface area (Å²) in [5.74, 6) is 0.586. The van der Waals surface area contributed by atoms with E-state index in [9.17, 15) is 15.2 Å². The van der Waals surface area contributed by atoms with Gasteiger partial charge in [0.2, 0.25) is 0 Å². The average Bonchev–Trinajstić information content (AvgIpc) is 2.20. The Kier molecular flexibility index (Phi) is 4.10. The molecule has 0 aliphatic heterocycles. The molecule has 0 aliphatic carbocycles. The van der Waals surface area contributed by atoms with Gasteiger partial charge in [-0.05, 0) is 18.4 Å². The molecule has 0 saturated carbocycles. The molecule has 0 fully saturated rings. The van der Waals surface area contributed by atoms with Crippen LogP contribution < -0.4 is 5.32 Å². The smallest absolute Gasteiger partial charge is 0.271 e. The number of anilines is 1. The standard InChI is InChI=1S/C11H16N2O3/c1-8(2)5-6-12-10-7-9(13(15)16)3-4-11(10)14/h3-4,7-8,12,14H,5-6H2,1-2H3. The van der Waals surface area contributed by atoms with E-state index in [1.54, 1.807) is 0 Å². The van der Waals surface area contributed by atoms with Crippen molar-refractivity contribution in [3.05, 3.63) is 28.3 Å². The van der Waals surface area contributed by atoms with E-state index in [1.807, 2.05) is 0 Å². The van der Waals surface area contributed by atoms with Crippen LogP contribution in [0, 0.1) is 16.0 Å². The highest BCUT2D eigenvalue weighted by atomic mass is 16.6. The van der Waals surface area contributed by atoms with Gasteiger partial charge in [-0.3, -0.25) is 10.1 Å². The number of hydrogen-bond donors (Lipinski definition) is 2. The van der Waals surface area contributed by atoms with Gasteiger partial charge in [-0.25, -0.2) is 0 Å². The Balaban J connectivity index is 2.70. The van der Waals surface area contributed by atoms with Gasteiger partial charge in [-0.2, -0.15) is 0 Å². The van der Waals surface area contributed by atoms with E-state index < -0.39 is 4.92 Å². The van der Waals surface area contributed by atoms with E-state index in [0.717, 1.165) is 6.42 Å². The lowest BCUT2D eigenvalue weighted by atomic mass is 10.1. The van der Waals surface area contributed by atoms with Gasteiger partial charge in [-0.15, -0.1) is 0 Å². The maximum Gasteiger partial charge on any atom is 0.271 e. The van der Waals surface area contributed by atoms with Gasteiger partial charge in [0.1, 0.15) is 5.75 Å². The summed E-state index contributed by atoms with van der Waals surface area (Å²) in [4.78, 5) is 10.1. The quantitative estimate of drug-likeness (QED) is 0.458. The van der Waals surface area contributed by atoms with E-state index in [0.29, 0.717) is 18.2 Å². The molecule has 0 unspecified atom stereocenters. The highest BCUT2D eigenvalue weighted by molar-refractivity contribution is 5.60. The number of rotatable bonds is 5. The lowest BCUT2D eigenvalue weighted by Gasteiger charge is -2.09. The fraction of sp³-hybridized carbons (Fsp3) is 0.455. The first-order valence-electron chi connectivity index (χ1n) is 5.22. The molecule has 5 nitrogen and oxygen atoms in total. The van der Waals surface area contributed by atoms with Gasteiger partial charge in [0.25, 0.3) is 5.69 Å². The number of nitro groups is 1. The van der Waals surface area contributed by atoms with E-state index >= 15 is 0 Å². The Bertz CT molecular complexity index is 377. The molecule has 0 spiro atoms. The van der Waals surface area contributed by atoms with Crippen LogP contribution in [0.3, 0.4) is 0 Å². The summed E-state index contributed by atoms with van der Waals surface area (Å²) >= 11 is 0. The number of nitro benzene ring substituents is 1. The van der Waals surface area contributed by atoms with Gasteiger partial charge >= 0.3 is 0 Å². The van der Waals surface area contributed by atoms with Gasteiger partial charge in [-0.1, -0.05) is 13.8 Å². The first-order valence-corrected chi connectivity index (χ1v) is 5.22. The zero-order chi connectivity index (χ0) is 12.1. The van der Waals surface area contributed by atoms with Crippen LogP contribution in [-0.4, -0.2) is 16.6 Å². The lowest BCUT2D eigenvalue weighted by molar-refractivity contribution is -0.384. The monoisotopic (exact) mass is 224 g/mol. The molecule has 88 valence electrons. The highest BCUT2D eigenvalue weighted by Crippen LogP contribution is 2.27. The lowest BCUT2D eigenvalue weighted by Crippen LogP contribution is -2.05. The average molecular weight is 224 g/mol. The minimum atomic E-state index is -0.479. The highest BCUT2D eigenvalue weighted by Gasteiger charge is 2.09. The largest absolute Gasteiger partial charge is 0.506 e. The summed E-state index contributed by atoms with van der Waals surface area (Å²) in [5, 5.41) is 23.0. The molecule has 0 saturated heterocycles. The van der Waals surface area contributed by atoms with Crippen molar-refractivity contribution in [2.24, 2.45) is 5.92 Å². The minimum absolute atomic E-state index is 0.0233. The van der Waals surface area contributed by atoms with Crippen molar-refractivity contribution >= 4 is 11.4 Å². The fourth-order valence-corrected chi connectivity index (χ4v) is 1.27. The van der Waals surface area contributed by atoms with Gasteiger partial charge in [0, 0.05) is 18.7 Å². The number of non-ortho nitro benzene ring substituents is 1. The summed E-state index contributed by atoms with van der Waals surface area (Å²) in [5.41, 5.74) is 0.389. The second-order valence-corrected chi connectivity index (χ2v) is 4.07. The Labute approximate surface area is 94.3 Å². The van der Waals surface area contributed by atoms with Crippen LogP contribution in [0.25, 0.3) is 0 Å². The summed E-state index contributed by atoms with van der Waals surface area (Å²) in [6.07, 6.45) is 0.947. The fourth-order valence-electron chi connectivity index (χ4n) is 1.27. The van der Waals surface area contributed by atoms with Crippen LogP contribution in [0.2, 0.25) is 0 Å². The topological polar surface area (TPSA) is 75.4 Å². The van der Waals surface area contributed by atoms with Crippen molar-refractivity contribution in [1.82, 2.24) is 0 Å². The van der Waals surface area contributed by atoms with Crippen molar-refractivity contribution in [2.75, 3.05) is 11.9 Å². The van der Waals surface area contributed by atoms with E-state index in [-0.39, 0.29) is 11.4 Å².